The minimum Gasteiger partial charge on any atom is -0.493 e. The number of rotatable bonds is 4. The van der Waals surface area contributed by atoms with E-state index in [4.69, 9.17) is 4.74 Å². The van der Waals surface area contributed by atoms with Crippen molar-refractivity contribution in [1.29, 1.82) is 0 Å². The highest BCUT2D eigenvalue weighted by molar-refractivity contribution is 6.08. The normalized spacial score (nSPS) is 28.5. The van der Waals surface area contributed by atoms with E-state index in [1.165, 1.54) is 0 Å². The number of fused-ring (bicyclic) bond motifs is 2. The predicted molar refractivity (Wildman–Crippen MR) is 107 cm³/mol. The van der Waals surface area contributed by atoms with Crippen LogP contribution in [0.5, 0.6) is 5.75 Å². The van der Waals surface area contributed by atoms with Crippen molar-refractivity contribution in [1.82, 2.24) is 5.01 Å². The Hall–Kier alpha value is -2.95. The van der Waals surface area contributed by atoms with Gasteiger partial charge in [-0.05, 0) is 48.4 Å². The number of carbonyl (C=O) groups is 2. The minimum absolute atomic E-state index is 0.163. The fourth-order valence-electron chi connectivity index (χ4n) is 4.98. The summed E-state index contributed by atoms with van der Waals surface area (Å²) in [5.41, 5.74) is 0.788. The highest BCUT2D eigenvalue weighted by Gasteiger charge is 2.56. The molecule has 4 aliphatic rings. The van der Waals surface area contributed by atoms with Gasteiger partial charge in [-0.1, -0.05) is 42.5 Å². The Kier molecular flexibility index (Phi) is 4.04. The molecule has 1 heterocycles. The van der Waals surface area contributed by atoms with Gasteiger partial charge >= 0.3 is 0 Å². The SMILES string of the molecule is CCOc1ccc2ccccc2c1/C=N\N1C(=O)[C@@H]2[C@@H](C1=O)[C@H]1C=C[C@@H]2CC1. The molecule has 0 spiro atoms. The lowest BCUT2D eigenvalue weighted by atomic mass is 9.63. The van der Waals surface area contributed by atoms with E-state index in [0.717, 1.165) is 34.2 Å². The van der Waals surface area contributed by atoms with Crippen molar-refractivity contribution < 1.29 is 14.3 Å². The molecular formula is C23H22N2O3. The van der Waals surface area contributed by atoms with Gasteiger partial charge in [-0.3, -0.25) is 9.59 Å². The largest absolute Gasteiger partial charge is 0.493 e. The van der Waals surface area contributed by atoms with E-state index in [0.29, 0.717) is 12.4 Å². The van der Waals surface area contributed by atoms with Gasteiger partial charge in [-0.2, -0.15) is 10.1 Å². The number of hydrazone groups is 1. The summed E-state index contributed by atoms with van der Waals surface area (Å²) < 4.78 is 5.76. The zero-order chi connectivity index (χ0) is 19.3. The maximum absolute atomic E-state index is 13.0. The summed E-state index contributed by atoms with van der Waals surface area (Å²) in [4.78, 5) is 25.9. The summed E-state index contributed by atoms with van der Waals surface area (Å²) in [6.45, 7) is 2.46. The number of ether oxygens (including phenoxy) is 1. The second-order valence-corrected chi connectivity index (χ2v) is 7.71. The summed E-state index contributed by atoms with van der Waals surface area (Å²) >= 11 is 0. The van der Waals surface area contributed by atoms with Crippen LogP contribution >= 0.6 is 0 Å². The fraction of sp³-hybridized carbons (Fsp3) is 0.348. The maximum Gasteiger partial charge on any atom is 0.254 e. The number of imide groups is 1. The Labute approximate surface area is 163 Å². The van der Waals surface area contributed by atoms with Gasteiger partial charge in [0.2, 0.25) is 0 Å². The molecule has 1 saturated heterocycles. The number of allylic oxidation sites excluding steroid dienone is 2. The maximum atomic E-state index is 13.0. The average Bonchev–Trinajstić information content (AvgIpc) is 3.00. The van der Waals surface area contributed by atoms with Gasteiger partial charge < -0.3 is 4.74 Å². The fourth-order valence-corrected chi connectivity index (χ4v) is 4.98. The van der Waals surface area contributed by atoms with E-state index in [1.54, 1.807) is 6.21 Å². The van der Waals surface area contributed by atoms with Crippen molar-refractivity contribution in [2.45, 2.75) is 19.8 Å². The van der Waals surface area contributed by atoms with Gasteiger partial charge in [0, 0.05) is 5.56 Å². The second-order valence-electron chi connectivity index (χ2n) is 7.71. The number of nitrogens with zero attached hydrogens (tertiary/aromatic N) is 2. The van der Waals surface area contributed by atoms with E-state index >= 15 is 0 Å². The van der Waals surface area contributed by atoms with Crippen LogP contribution in [0.4, 0.5) is 0 Å². The van der Waals surface area contributed by atoms with Crippen LogP contribution in [0.2, 0.25) is 0 Å². The van der Waals surface area contributed by atoms with Crippen molar-refractivity contribution in [2.24, 2.45) is 28.8 Å². The molecule has 0 radical (unpaired) electrons. The molecule has 6 rings (SSSR count). The quantitative estimate of drug-likeness (QED) is 0.465. The molecule has 28 heavy (non-hydrogen) atoms. The highest BCUT2D eigenvalue weighted by Crippen LogP contribution is 2.49. The summed E-state index contributed by atoms with van der Waals surface area (Å²) in [5.74, 6) is 0.223. The van der Waals surface area contributed by atoms with Gasteiger partial charge in [-0.25, -0.2) is 0 Å². The molecule has 1 aliphatic heterocycles. The van der Waals surface area contributed by atoms with Crippen LogP contribution < -0.4 is 4.74 Å². The zero-order valence-electron chi connectivity index (χ0n) is 15.7. The molecule has 2 aromatic rings. The van der Waals surface area contributed by atoms with Crippen LogP contribution in [0.25, 0.3) is 10.8 Å². The Morgan fingerprint density at radius 2 is 1.71 bits per heavy atom. The van der Waals surface area contributed by atoms with Crippen molar-refractivity contribution in [3.8, 4) is 5.75 Å². The predicted octanol–water partition coefficient (Wildman–Crippen LogP) is 3.77. The molecule has 0 aromatic heterocycles. The topological polar surface area (TPSA) is 59.0 Å². The lowest BCUT2D eigenvalue weighted by molar-refractivity contribution is -0.140. The molecule has 142 valence electrons. The Balaban J connectivity index is 1.52. The number of hydrogen-bond acceptors (Lipinski definition) is 4. The smallest absolute Gasteiger partial charge is 0.254 e. The van der Waals surface area contributed by atoms with Crippen LogP contribution in [0.1, 0.15) is 25.3 Å². The second kappa shape index (κ2) is 6.59. The highest BCUT2D eigenvalue weighted by atomic mass is 16.5. The summed E-state index contributed by atoms with van der Waals surface area (Å²) in [6, 6.07) is 11.9. The molecule has 5 heteroatoms. The molecule has 3 aliphatic carbocycles. The minimum atomic E-state index is -0.243. The molecule has 0 unspecified atom stereocenters. The van der Waals surface area contributed by atoms with Gasteiger partial charge in [0.05, 0.1) is 24.7 Å². The first-order chi connectivity index (χ1) is 13.7. The van der Waals surface area contributed by atoms with E-state index < -0.39 is 0 Å². The molecule has 2 aromatic carbocycles. The number of amides is 2. The number of hydrogen-bond donors (Lipinski definition) is 0. The van der Waals surface area contributed by atoms with Crippen molar-refractivity contribution in [2.75, 3.05) is 6.61 Å². The van der Waals surface area contributed by atoms with Gasteiger partial charge in [0.1, 0.15) is 5.75 Å². The molecular weight excluding hydrogens is 352 g/mol. The number of benzene rings is 2. The molecule has 2 fully saturated rings. The third-order valence-electron chi connectivity index (χ3n) is 6.27. The first kappa shape index (κ1) is 17.2. The number of carbonyl (C=O) groups excluding carboxylic acids is 2. The van der Waals surface area contributed by atoms with Crippen LogP contribution in [0.15, 0.2) is 53.7 Å². The lowest BCUT2D eigenvalue weighted by Crippen LogP contribution is -2.38. The third kappa shape index (κ3) is 2.49. The first-order valence-corrected chi connectivity index (χ1v) is 9.93. The zero-order valence-corrected chi connectivity index (χ0v) is 15.7. The Morgan fingerprint density at radius 1 is 1.04 bits per heavy atom. The van der Waals surface area contributed by atoms with E-state index in [1.807, 2.05) is 43.3 Å². The molecule has 2 bridgehead atoms. The van der Waals surface area contributed by atoms with Crippen LogP contribution in [-0.2, 0) is 9.59 Å². The van der Waals surface area contributed by atoms with Crippen LogP contribution in [0.3, 0.4) is 0 Å². The summed E-state index contributed by atoms with van der Waals surface area (Å²) in [7, 11) is 0. The van der Waals surface area contributed by atoms with Gasteiger partial charge in [0.15, 0.2) is 0 Å². The van der Waals surface area contributed by atoms with Gasteiger partial charge in [-0.15, -0.1) is 0 Å². The Morgan fingerprint density at radius 3 is 2.36 bits per heavy atom. The van der Waals surface area contributed by atoms with E-state index in [9.17, 15) is 9.59 Å². The van der Waals surface area contributed by atoms with Crippen molar-refractivity contribution in [3.05, 3.63) is 54.1 Å². The Bertz CT molecular complexity index is 994. The molecule has 4 atom stereocenters. The average molecular weight is 374 g/mol. The van der Waals surface area contributed by atoms with E-state index in [-0.39, 0.29) is 35.5 Å². The van der Waals surface area contributed by atoms with Gasteiger partial charge in [0.25, 0.3) is 11.8 Å². The lowest BCUT2D eigenvalue weighted by Gasteiger charge is -2.37. The summed E-state index contributed by atoms with van der Waals surface area (Å²) in [6.07, 6.45) is 7.81. The third-order valence-corrected chi connectivity index (χ3v) is 6.27. The summed E-state index contributed by atoms with van der Waals surface area (Å²) in [5, 5.41) is 7.51. The van der Waals surface area contributed by atoms with Crippen molar-refractivity contribution >= 4 is 28.8 Å². The molecule has 2 amide bonds. The monoisotopic (exact) mass is 374 g/mol. The van der Waals surface area contributed by atoms with Crippen LogP contribution in [-0.4, -0.2) is 29.6 Å². The first-order valence-electron chi connectivity index (χ1n) is 9.93. The van der Waals surface area contributed by atoms with Crippen molar-refractivity contribution in [3.63, 3.8) is 0 Å². The molecule has 0 N–H and O–H groups in total. The van der Waals surface area contributed by atoms with Crippen LogP contribution in [0, 0.1) is 23.7 Å². The molecule has 1 saturated carbocycles. The molecule has 5 nitrogen and oxygen atoms in total. The standard InChI is InChI=1S/C23H22N2O3/c1-2-28-19-12-11-14-5-3-4-6-17(14)18(19)13-24-25-22(26)20-15-7-8-16(10-9-15)21(20)23(25)27/h3-8,11-13,15-16,20-21H,2,9-10H2,1H3/b24-13-/t15-,16+,20-,21-/m0/s1. The van der Waals surface area contributed by atoms with E-state index in [2.05, 4.69) is 17.3 Å².